The number of anilines is 3. The lowest BCUT2D eigenvalue weighted by Gasteiger charge is -2.40. The molecule has 73 heavy (non-hydrogen) atoms. The molecular formula is C70H43NO2. The SMILES string of the molecule is c1ccc(C2(c3ccccc3)c3ccccc3-c3ccc(N(c4ccc5c(c4)C4(c6ccccc6-5)c5ccc6ccccc6c5Oc5c4ccc4ccccc54)c4cccc5oc6ccccc6c45)cc32)cc1. The van der Waals surface area contributed by atoms with Crippen LogP contribution >= 0.6 is 0 Å². The van der Waals surface area contributed by atoms with Crippen LogP contribution in [0.1, 0.15) is 44.5 Å². The molecule has 0 fully saturated rings. The van der Waals surface area contributed by atoms with Gasteiger partial charge in [-0.2, -0.15) is 0 Å². The zero-order valence-corrected chi connectivity index (χ0v) is 39.6. The summed E-state index contributed by atoms with van der Waals surface area (Å²) >= 11 is 0. The maximum atomic E-state index is 7.36. The van der Waals surface area contributed by atoms with Crippen LogP contribution in [0, 0.1) is 0 Å². The molecule has 0 N–H and O–H groups in total. The third-order valence-electron chi connectivity index (χ3n) is 16.4. The monoisotopic (exact) mass is 929 g/mol. The van der Waals surface area contributed by atoms with E-state index < -0.39 is 10.8 Å². The van der Waals surface area contributed by atoms with Crippen molar-refractivity contribution in [1.29, 1.82) is 0 Å². The molecule has 0 amide bonds. The van der Waals surface area contributed by atoms with E-state index in [-0.39, 0.29) is 0 Å². The van der Waals surface area contributed by atoms with Crippen LogP contribution in [0.5, 0.6) is 11.5 Å². The van der Waals surface area contributed by atoms with Crippen LogP contribution in [0.4, 0.5) is 17.1 Å². The molecule has 2 heterocycles. The van der Waals surface area contributed by atoms with Gasteiger partial charge >= 0.3 is 0 Å². The highest BCUT2D eigenvalue weighted by Gasteiger charge is 2.52. The Morgan fingerprint density at radius 2 is 0.767 bits per heavy atom. The number of hydrogen-bond donors (Lipinski definition) is 0. The Morgan fingerprint density at radius 3 is 1.37 bits per heavy atom. The lowest BCUT2D eigenvalue weighted by molar-refractivity contribution is 0.447. The fraction of sp³-hybridized carbons (Fsp3) is 0.0286. The van der Waals surface area contributed by atoms with Crippen molar-refractivity contribution in [1.82, 2.24) is 0 Å². The number of benzene rings is 12. The number of hydrogen-bond acceptors (Lipinski definition) is 3. The van der Waals surface area contributed by atoms with Gasteiger partial charge in [0.05, 0.1) is 21.9 Å². The molecule has 16 rings (SSSR count). The minimum Gasteiger partial charge on any atom is -0.456 e. The largest absolute Gasteiger partial charge is 0.456 e. The molecule has 0 radical (unpaired) electrons. The van der Waals surface area contributed by atoms with Gasteiger partial charge in [-0.15, -0.1) is 0 Å². The van der Waals surface area contributed by atoms with Crippen molar-refractivity contribution in [3.05, 3.63) is 305 Å². The Bertz CT molecular complexity index is 4310. The normalized spacial score (nSPS) is 14.1. The van der Waals surface area contributed by atoms with Crippen LogP contribution < -0.4 is 9.64 Å². The third kappa shape index (κ3) is 5.33. The highest BCUT2D eigenvalue weighted by atomic mass is 16.5. The first-order valence-corrected chi connectivity index (χ1v) is 25.2. The van der Waals surface area contributed by atoms with E-state index in [1.807, 2.05) is 0 Å². The third-order valence-corrected chi connectivity index (χ3v) is 16.4. The van der Waals surface area contributed by atoms with E-state index in [2.05, 4.69) is 266 Å². The van der Waals surface area contributed by atoms with Crippen LogP contribution in [-0.4, -0.2) is 0 Å². The van der Waals surface area contributed by atoms with Crippen molar-refractivity contribution < 1.29 is 9.15 Å². The van der Waals surface area contributed by atoms with Gasteiger partial charge in [0.15, 0.2) is 0 Å². The van der Waals surface area contributed by atoms with Gasteiger partial charge in [-0.3, -0.25) is 0 Å². The maximum absolute atomic E-state index is 7.36. The topological polar surface area (TPSA) is 25.6 Å². The fourth-order valence-electron chi connectivity index (χ4n) is 13.5. The minimum absolute atomic E-state index is 0.588. The zero-order chi connectivity index (χ0) is 47.8. The highest BCUT2D eigenvalue weighted by Crippen LogP contribution is 2.65. The number of rotatable bonds is 5. The average molecular weight is 930 g/mol. The summed E-state index contributed by atoms with van der Waals surface area (Å²) in [5, 5.41) is 6.63. The van der Waals surface area contributed by atoms with E-state index in [9.17, 15) is 0 Å². The molecule has 340 valence electrons. The number of fused-ring (bicyclic) bond motifs is 19. The molecule has 2 aliphatic carbocycles. The van der Waals surface area contributed by atoms with Crippen LogP contribution in [0.3, 0.4) is 0 Å². The standard InChI is InChI=1S/C70H43NO2/c1-3-20-46(21-4-1)69(47-22-5-2-6-23-47)57-29-14-11-26-52(57)54-38-36-48(42-61(54)69)71(63-31-17-33-65-66(63)56-28-13-16-32-64(56)72-65)49-37-39-55-53-27-12-15-30-58(53)70(62(55)43-49)59-40-34-44-18-7-9-24-50(44)67(59)73-68-51-25-10-8-19-45(51)35-41-60(68)70/h1-43H. The predicted octanol–water partition coefficient (Wildman–Crippen LogP) is 18.2. The van der Waals surface area contributed by atoms with E-state index >= 15 is 0 Å². The molecule has 13 aromatic rings. The van der Waals surface area contributed by atoms with Crippen molar-refractivity contribution in [2.24, 2.45) is 0 Å². The van der Waals surface area contributed by atoms with Crippen molar-refractivity contribution >= 4 is 60.5 Å². The molecule has 3 nitrogen and oxygen atoms in total. The van der Waals surface area contributed by atoms with E-state index in [4.69, 9.17) is 9.15 Å². The molecular weight excluding hydrogens is 887 g/mol. The fourth-order valence-corrected chi connectivity index (χ4v) is 13.5. The van der Waals surface area contributed by atoms with Gasteiger partial charge in [-0.1, -0.05) is 218 Å². The van der Waals surface area contributed by atoms with Crippen LogP contribution in [0.25, 0.3) is 65.7 Å². The molecule has 3 aliphatic rings. The van der Waals surface area contributed by atoms with Gasteiger partial charge in [0.1, 0.15) is 22.7 Å². The van der Waals surface area contributed by atoms with Crippen LogP contribution in [-0.2, 0) is 10.8 Å². The second-order valence-corrected chi connectivity index (χ2v) is 19.8. The first-order chi connectivity index (χ1) is 36.2. The Kier molecular flexibility index (Phi) is 8.30. The van der Waals surface area contributed by atoms with E-state index in [0.29, 0.717) is 0 Å². The van der Waals surface area contributed by atoms with Gasteiger partial charge in [0, 0.05) is 38.7 Å². The molecule has 0 saturated carbocycles. The number of furan rings is 1. The van der Waals surface area contributed by atoms with Crippen LogP contribution in [0.2, 0.25) is 0 Å². The molecule has 3 heteroatoms. The summed E-state index contributed by atoms with van der Waals surface area (Å²) in [7, 11) is 0. The predicted molar refractivity (Wildman–Crippen MR) is 298 cm³/mol. The number of nitrogens with zero attached hydrogens (tertiary/aromatic N) is 1. The Morgan fingerprint density at radius 1 is 0.301 bits per heavy atom. The molecule has 0 atom stereocenters. The van der Waals surface area contributed by atoms with E-state index in [1.54, 1.807) is 0 Å². The Labute approximate surface area is 422 Å². The molecule has 0 bridgehead atoms. The smallest absolute Gasteiger partial charge is 0.140 e. The molecule has 1 aliphatic heterocycles. The Balaban J connectivity index is 1.02. The van der Waals surface area contributed by atoms with Gasteiger partial charge in [0.25, 0.3) is 0 Å². The summed E-state index contributed by atoms with van der Waals surface area (Å²) < 4.78 is 14.1. The summed E-state index contributed by atoms with van der Waals surface area (Å²) in [5.74, 6) is 1.80. The summed E-state index contributed by atoms with van der Waals surface area (Å²) in [6, 6.07) is 96.0. The van der Waals surface area contributed by atoms with Gasteiger partial charge in [-0.25, -0.2) is 0 Å². The second kappa shape index (κ2) is 15.0. The van der Waals surface area contributed by atoms with Gasteiger partial charge in [0.2, 0.25) is 0 Å². The first-order valence-electron chi connectivity index (χ1n) is 25.2. The molecule has 1 aromatic heterocycles. The molecule has 12 aromatic carbocycles. The summed E-state index contributed by atoms with van der Waals surface area (Å²) in [5.41, 5.74) is 18.2. The summed E-state index contributed by atoms with van der Waals surface area (Å²) in [6.07, 6.45) is 0. The highest BCUT2D eigenvalue weighted by molar-refractivity contribution is 6.14. The van der Waals surface area contributed by atoms with Crippen molar-refractivity contribution in [2.45, 2.75) is 10.8 Å². The molecule has 1 spiro atoms. The zero-order valence-electron chi connectivity index (χ0n) is 39.6. The number of para-hydroxylation sites is 1. The van der Waals surface area contributed by atoms with Gasteiger partial charge in [-0.05, 0) is 109 Å². The van der Waals surface area contributed by atoms with Crippen molar-refractivity contribution in [3.8, 4) is 33.8 Å². The van der Waals surface area contributed by atoms with Crippen LogP contribution in [0.15, 0.2) is 265 Å². The maximum Gasteiger partial charge on any atom is 0.140 e. The second-order valence-electron chi connectivity index (χ2n) is 19.8. The lowest BCUT2D eigenvalue weighted by atomic mass is 9.65. The lowest BCUT2D eigenvalue weighted by Crippen LogP contribution is -2.32. The molecule has 0 saturated heterocycles. The summed E-state index contributed by atoms with van der Waals surface area (Å²) in [6.45, 7) is 0. The van der Waals surface area contributed by atoms with Crippen molar-refractivity contribution in [3.63, 3.8) is 0 Å². The quantitative estimate of drug-likeness (QED) is 0.172. The first kappa shape index (κ1) is 40.3. The van der Waals surface area contributed by atoms with Crippen molar-refractivity contribution in [2.75, 3.05) is 4.90 Å². The minimum atomic E-state index is -0.728. The Hall–Kier alpha value is -9.44. The van der Waals surface area contributed by atoms with E-state index in [0.717, 1.165) is 83.2 Å². The van der Waals surface area contributed by atoms with E-state index in [1.165, 1.54) is 55.6 Å². The van der Waals surface area contributed by atoms with Gasteiger partial charge < -0.3 is 14.1 Å². The summed E-state index contributed by atoms with van der Waals surface area (Å²) in [4.78, 5) is 2.49. The average Bonchev–Trinajstić information content (AvgIpc) is 4.16. The number of ether oxygens (including phenoxy) is 1. The molecule has 0 unspecified atom stereocenters.